The second kappa shape index (κ2) is 4.35. The Bertz CT molecular complexity index is 214. The van der Waals surface area contributed by atoms with Gasteiger partial charge in [0.25, 0.3) is 0 Å². The molecule has 0 spiro atoms. The van der Waals surface area contributed by atoms with Crippen molar-refractivity contribution >= 4 is 11.8 Å². The van der Waals surface area contributed by atoms with E-state index in [4.69, 9.17) is 9.63 Å². The molecule has 4 nitrogen and oxygen atoms in total. The lowest BCUT2D eigenvalue weighted by atomic mass is 10.5. The molecule has 1 aromatic rings. The van der Waals surface area contributed by atoms with E-state index >= 15 is 0 Å². The second-order valence-corrected chi connectivity index (χ2v) is 2.99. The van der Waals surface area contributed by atoms with Gasteiger partial charge in [0, 0.05) is 12.2 Å². The highest BCUT2D eigenvalue weighted by molar-refractivity contribution is 7.98. The highest BCUT2D eigenvalue weighted by Gasteiger charge is 2.03. The Balaban J connectivity index is 2.44. The fourth-order valence-corrected chi connectivity index (χ4v) is 1.02. The molecule has 0 amide bonds. The Hall–Kier alpha value is -0.550. The van der Waals surface area contributed by atoms with Gasteiger partial charge in [0.2, 0.25) is 5.89 Å². The lowest BCUT2D eigenvalue weighted by Gasteiger charge is -1.87. The lowest BCUT2D eigenvalue weighted by molar-refractivity contribution is 0.263. The van der Waals surface area contributed by atoms with E-state index in [1.54, 1.807) is 11.8 Å². The van der Waals surface area contributed by atoms with Gasteiger partial charge in [-0.3, -0.25) is 0 Å². The van der Waals surface area contributed by atoms with Crippen molar-refractivity contribution in [3.63, 3.8) is 0 Å². The quantitative estimate of drug-likeness (QED) is 0.719. The molecular formula is C6H10N2O2S. The van der Waals surface area contributed by atoms with E-state index in [2.05, 4.69) is 10.1 Å². The van der Waals surface area contributed by atoms with E-state index in [0.29, 0.717) is 11.7 Å². The number of aliphatic hydroxyl groups is 1. The van der Waals surface area contributed by atoms with Gasteiger partial charge in [-0.25, -0.2) is 0 Å². The van der Waals surface area contributed by atoms with Gasteiger partial charge in [0.1, 0.15) is 6.61 Å². The van der Waals surface area contributed by atoms with Crippen molar-refractivity contribution in [1.82, 2.24) is 10.1 Å². The van der Waals surface area contributed by atoms with Crippen molar-refractivity contribution in [2.45, 2.75) is 13.0 Å². The molecule has 1 N–H and O–H groups in total. The topological polar surface area (TPSA) is 59.2 Å². The Labute approximate surface area is 69.0 Å². The highest BCUT2D eigenvalue weighted by Crippen LogP contribution is 2.01. The van der Waals surface area contributed by atoms with Crippen molar-refractivity contribution in [2.24, 2.45) is 0 Å². The molecule has 0 fully saturated rings. The summed E-state index contributed by atoms with van der Waals surface area (Å²) >= 11 is 1.72. The minimum absolute atomic E-state index is 0.150. The summed E-state index contributed by atoms with van der Waals surface area (Å²) in [6, 6.07) is 0. The average molecular weight is 174 g/mol. The van der Waals surface area contributed by atoms with Crippen molar-refractivity contribution in [1.29, 1.82) is 0 Å². The van der Waals surface area contributed by atoms with Gasteiger partial charge < -0.3 is 9.63 Å². The van der Waals surface area contributed by atoms with Crippen LogP contribution in [0.5, 0.6) is 0 Å². The zero-order valence-electron chi connectivity index (χ0n) is 6.28. The van der Waals surface area contributed by atoms with Crippen LogP contribution in [-0.4, -0.2) is 27.3 Å². The monoisotopic (exact) mass is 174 g/mol. The molecule has 0 aliphatic heterocycles. The summed E-state index contributed by atoms with van der Waals surface area (Å²) in [5.41, 5.74) is 0. The Morgan fingerprint density at radius 2 is 2.45 bits per heavy atom. The van der Waals surface area contributed by atoms with Gasteiger partial charge in [0.15, 0.2) is 5.82 Å². The second-order valence-electron chi connectivity index (χ2n) is 2.01. The standard InChI is InChI=1S/C6H10N2O2S/c1-11-3-2-6-7-5(4-9)8-10-6/h9H,2-4H2,1H3. The van der Waals surface area contributed by atoms with E-state index in [-0.39, 0.29) is 6.61 Å². The van der Waals surface area contributed by atoms with E-state index in [0.717, 1.165) is 12.2 Å². The molecular weight excluding hydrogens is 164 g/mol. The normalized spacial score (nSPS) is 10.4. The molecule has 0 aliphatic carbocycles. The van der Waals surface area contributed by atoms with Crippen LogP contribution in [0.4, 0.5) is 0 Å². The third-order valence-electron chi connectivity index (χ3n) is 1.17. The number of aliphatic hydroxyl groups excluding tert-OH is 1. The first-order valence-electron chi connectivity index (χ1n) is 3.28. The van der Waals surface area contributed by atoms with Crippen LogP contribution in [0.2, 0.25) is 0 Å². The van der Waals surface area contributed by atoms with Gasteiger partial charge >= 0.3 is 0 Å². The molecule has 0 atom stereocenters. The third-order valence-corrected chi connectivity index (χ3v) is 1.78. The maximum Gasteiger partial charge on any atom is 0.227 e. The SMILES string of the molecule is CSCCc1nc(CO)no1. The molecule has 0 aromatic carbocycles. The molecule has 0 saturated carbocycles. The summed E-state index contributed by atoms with van der Waals surface area (Å²) in [7, 11) is 0. The number of hydrogen-bond acceptors (Lipinski definition) is 5. The van der Waals surface area contributed by atoms with Crippen molar-refractivity contribution in [2.75, 3.05) is 12.0 Å². The molecule has 5 heteroatoms. The highest BCUT2D eigenvalue weighted by atomic mass is 32.2. The molecule has 0 saturated heterocycles. The van der Waals surface area contributed by atoms with Gasteiger partial charge in [-0.05, 0) is 6.26 Å². The average Bonchev–Trinajstić information content (AvgIpc) is 2.48. The molecule has 0 unspecified atom stereocenters. The number of nitrogens with zero attached hydrogens (tertiary/aromatic N) is 2. The zero-order valence-corrected chi connectivity index (χ0v) is 7.10. The minimum Gasteiger partial charge on any atom is -0.388 e. The van der Waals surface area contributed by atoms with Crippen LogP contribution in [0.15, 0.2) is 4.52 Å². The number of rotatable bonds is 4. The van der Waals surface area contributed by atoms with Crippen LogP contribution in [0.3, 0.4) is 0 Å². The Morgan fingerprint density at radius 1 is 1.64 bits per heavy atom. The predicted molar refractivity (Wildman–Crippen MR) is 42.3 cm³/mol. The number of aromatic nitrogens is 2. The van der Waals surface area contributed by atoms with E-state index in [1.165, 1.54) is 0 Å². The first-order chi connectivity index (χ1) is 5.36. The molecule has 0 aliphatic rings. The molecule has 1 rings (SSSR count). The van der Waals surface area contributed by atoms with Crippen molar-refractivity contribution in [3.05, 3.63) is 11.7 Å². The summed E-state index contributed by atoms with van der Waals surface area (Å²) in [5.74, 6) is 1.93. The van der Waals surface area contributed by atoms with Crippen LogP contribution in [0.1, 0.15) is 11.7 Å². The van der Waals surface area contributed by atoms with Gasteiger partial charge in [0.05, 0.1) is 0 Å². The van der Waals surface area contributed by atoms with E-state index < -0.39 is 0 Å². The fraction of sp³-hybridized carbons (Fsp3) is 0.667. The Morgan fingerprint density at radius 3 is 3.00 bits per heavy atom. The minimum atomic E-state index is -0.150. The van der Waals surface area contributed by atoms with Crippen LogP contribution in [-0.2, 0) is 13.0 Å². The predicted octanol–water partition coefficient (Wildman–Crippen LogP) is 0.467. The van der Waals surface area contributed by atoms with Crippen molar-refractivity contribution < 1.29 is 9.63 Å². The summed E-state index contributed by atoms with van der Waals surface area (Å²) in [6.45, 7) is -0.150. The molecule has 11 heavy (non-hydrogen) atoms. The molecule has 0 radical (unpaired) electrons. The largest absolute Gasteiger partial charge is 0.388 e. The van der Waals surface area contributed by atoms with E-state index in [1.807, 2.05) is 6.26 Å². The number of thioether (sulfide) groups is 1. The fourth-order valence-electron chi connectivity index (χ4n) is 0.645. The van der Waals surface area contributed by atoms with E-state index in [9.17, 15) is 0 Å². The molecule has 0 bridgehead atoms. The first kappa shape index (κ1) is 8.55. The third kappa shape index (κ3) is 2.51. The van der Waals surface area contributed by atoms with Crippen LogP contribution >= 0.6 is 11.8 Å². The van der Waals surface area contributed by atoms with Gasteiger partial charge in [-0.2, -0.15) is 16.7 Å². The smallest absolute Gasteiger partial charge is 0.227 e. The summed E-state index contributed by atoms with van der Waals surface area (Å²) in [6.07, 6.45) is 2.79. The van der Waals surface area contributed by atoms with Crippen LogP contribution < -0.4 is 0 Å². The summed E-state index contributed by atoms with van der Waals surface area (Å²) in [4.78, 5) is 3.93. The van der Waals surface area contributed by atoms with Crippen LogP contribution in [0, 0.1) is 0 Å². The molecule has 62 valence electrons. The number of hydrogen-bond donors (Lipinski definition) is 1. The van der Waals surface area contributed by atoms with Gasteiger partial charge in [-0.15, -0.1) is 0 Å². The Kier molecular flexibility index (Phi) is 3.38. The summed E-state index contributed by atoms with van der Waals surface area (Å²) < 4.78 is 4.82. The maximum absolute atomic E-state index is 8.59. The first-order valence-corrected chi connectivity index (χ1v) is 4.67. The van der Waals surface area contributed by atoms with Gasteiger partial charge in [-0.1, -0.05) is 5.16 Å². The van der Waals surface area contributed by atoms with Crippen LogP contribution in [0.25, 0.3) is 0 Å². The zero-order chi connectivity index (χ0) is 8.10. The molecule has 1 aromatic heterocycles. The lowest BCUT2D eigenvalue weighted by Crippen LogP contribution is -1.89. The van der Waals surface area contributed by atoms with Crippen molar-refractivity contribution in [3.8, 4) is 0 Å². The number of aryl methyl sites for hydroxylation is 1. The molecule has 1 heterocycles. The maximum atomic E-state index is 8.59. The summed E-state index contributed by atoms with van der Waals surface area (Å²) in [5, 5.41) is 12.1.